The lowest BCUT2D eigenvalue weighted by molar-refractivity contribution is 0.273. The molecule has 0 amide bonds. The van der Waals surface area contributed by atoms with E-state index in [0.29, 0.717) is 11.6 Å². The molecule has 0 spiro atoms. The molecule has 0 aromatic carbocycles. The number of hydrogen-bond acceptors (Lipinski definition) is 4. The number of nitrogens with zero attached hydrogens (tertiary/aromatic N) is 4. The van der Waals surface area contributed by atoms with Crippen molar-refractivity contribution in [2.75, 3.05) is 26.7 Å². The number of nitrogens with one attached hydrogen (secondary N) is 2. The van der Waals surface area contributed by atoms with Crippen molar-refractivity contribution in [3.8, 4) is 11.6 Å². The van der Waals surface area contributed by atoms with Gasteiger partial charge >= 0.3 is 0 Å². The first kappa shape index (κ1) is 15.6. The number of aromatic amines is 1. The van der Waals surface area contributed by atoms with Crippen molar-refractivity contribution >= 4 is 5.96 Å². The third-order valence-electron chi connectivity index (χ3n) is 4.21. The molecule has 7 heteroatoms. The van der Waals surface area contributed by atoms with Crippen molar-refractivity contribution in [1.82, 2.24) is 25.4 Å². The highest BCUT2D eigenvalue weighted by Crippen LogP contribution is 2.16. The van der Waals surface area contributed by atoms with Gasteiger partial charge in [-0.2, -0.15) is 5.10 Å². The molecule has 0 bridgehead atoms. The summed E-state index contributed by atoms with van der Waals surface area (Å²) in [7, 11) is 1.84. The molecule has 2 aromatic heterocycles. The van der Waals surface area contributed by atoms with Crippen molar-refractivity contribution in [3.63, 3.8) is 0 Å². The number of aliphatic imine (C=N–C) groups is 1. The van der Waals surface area contributed by atoms with Crippen LogP contribution in [0.4, 0.5) is 0 Å². The predicted molar refractivity (Wildman–Crippen MR) is 89.1 cm³/mol. The molecule has 124 valence electrons. The minimum Gasteiger partial charge on any atom is -0.461 e. The summed E-state index contributed by atoms with van der Waals surface area (Å²) in [5.74, 6) is 3.91. The molecule has 2 aromatic rings. The van der Waals surface area contributed by atoms with Crippen LogP contribution >= 0.6 is 0 Å². The maximum Gasteiger partial charge on any atom is 0.216 e. The number of hydrogen-bond donors (Lipinski definition) is 2. The second-order valence-corrected chi connectivity index (χ2v) is 5.98. The molecule has 3 rings (SSSR count). The summed E-state index contributed by atoms with van der Waals surface area (Å²) in [5, 5.41) is 10.5. The fourth-order valence-electron chi connectivity index (χ4n) is 2.77. The van der Waals surface area contributed by atoms with Crippen LogP contribution in [0.5, 0.6) is 0 Å². The third-order valence-corrected chi connectivity index (χ3v) is 4.21. The molecule has 3 heterocycles. The summed E-state index contributed by atoms with van der Waals surface area (Å²) in [6, 6.07) is 3.68. The van der Waals surface area contributed by atoms with Crippen LogP contribution in [0.25, 0.3) is 11.6 Å². The van der Waals surface area contributed by atoms with Crippen LogP contribution in [0.3, 0.4) is 0 Å². The first-order valence-electron chi connectivity index (χ1n) is 8.17. The van der Waals surface area contributed by atoms with E-state index >= 15 is 0 Å². The lowest BCUT2D eigenvalue weighted by Crippen LogP contribution is -2.45. The van der Waals surface area contributed by atoms with Crippen LogP contribution in [0.2, 0.25) is 0 Å². The fraction of sp³-hybridized carbons (Fsp3) is 0.562. The quantitative estimate of drug-likeness (QED) is 0.665. The van der Waals surface area contributed by atoms with E-state index in [0.717, 1.165) is 43.8 Å². The van der Waals surface area contributed by atoms with Crippen LogP contribution in [0.1, 0.15) is 25.6 Å². The molecule has 1 fully saturated rings. The van der Waals surface area contributed by atoms with Crippen molar-refractivity contribution in [2.24, 2.45) is 10.9 Å². The Morgan fingerprint density at radius 2 is 2.30 bits per heavy atom. The Labute approximate surface area is 136 Å². The molecule has 0 aliphatic carbocycles. The molecular weight excluding hydrogens is 292 g/mol. The van der Waals surface area contributed by atoms with E-state index < -0.39 is 0 Å². The molecule has 23 heavy (non-hydrogen) atoms. The Bertz CT molecular complexity index is 625. The van der Waals surface area contributed by atoms with Gasteiger partial charge in [-0.1, -0.05) is 6.92 Å². The van der Waals surface area contributed by atoms with Crippen LogP contribution in [0.15, 0.2) is 27.8 Å². The summed E-state index contributed by atoms with van der Waals surface area (Å²) < 4.78 is 5.29. The molecular formula is C16H24N6O. The number of furan rings is 1. The molecule has 1 aliphatic rings. The number of likely N-dealkylation sites (tertiary alicyclic amines) is 1. The lowest BCUT2D eigenvalue weighted by Gasteiger charge is -2.32. The SMILES string of the molecule is CN=C(NCCc1nc(-c2ccco2)n[nH]1)N1CCC(C)CC1. The zero-order chi connectivity index (χ0) is 16.1. The average molecular weight is 316 g/mol. The molecule has 1 saturated heterocycles. The monoisotopic (exact) mass is 316 g/mol. The molecule has 0 atom stereocenters. The van der Waals surface area contributed by atoms with E-state index in [1.807, 2.05) is 19.2 Å². The Balaban J connectivity index is 1.49. The highest BCUT2D eigenvalue weighted by atomic mass is 16.3. The molecule has 0 saturated carbocycles. The van der Waals surface area contributed by atoms with Gasteiger partial charge in [0.2, 0.25) is 5.82 Å². The molecule has 7 nitrogen and oxygen atoms in total. The Kier molecular flexibility index (Phi) is 4.95. The Morgan fingerprint density at radius 1 is 1.48 bits per heavy atom. The Hall–Kier alpha value is -2.31. The van der Waals surface area contributed by atoms with Crippen molar-refractivity contribution in [1.29, 1.82) is 0 Å². The smallest absolute Gasteiger partial charge is 0.216 e. The normalized spacial score (nSPS) is 16.8. The Morgan fingerprint density at radius 3 is 3.00 bits per heavy atom. The molecule has 1 aliphatic heterocycles. The van der Waals surface area contributed by atoms with E-state index in [2.05, 4.69) is 37.3 Å². The molecule has 2 N–H and O–H groups in total. The minimum absolute atomic E-state index is 0.597. The summed E-state index contributed by atoms with van der Waals surface area (Å²) in [6.45, 7) is 5.23. The van der Waals surface area contributed by atoms with E-state index in [-0.39, 0.29) is 0 Å². The first-order valence-corrected chi connectivity index (χ1v) is 8.17. The predicted octanol–water partition coefficient (Wildman–Crippen LogP) is 1.91. The third kappa shape index (κ3) is 3.91. The number of rotatable bonds is 4. The van der Waals surface area contributed by atoms with Crippen molar-refractivity contribution < 1.29 is 4.42 Å². The largest absolute Gasteiger partial charge is 0.461 e. The number of aromatic nitrogens is 3. The zero-order valence-corrected chi connectivity index (χ0v) is 13.7. The van der Waals surface area contributed by atoms with Gasteiger partial charge in [-0.05, 0) is 30.9 Å². The van der Waals surface area contributed by atoms with Gasteiger partial charge in [0.15, 0.2) is 11.7 Å². The maximum atomic E-state index is 5.29. The molecule has 0 unspecified atom stereocenters. The van der Waals surface area contributed by atoms with E-state index in [1.165, 1.54) is 12.8 Å². The number of piperidine rings is 1. The van der Waals surface area contributed by atoms with Crippen molar-refractivity contribution in [3.05, 3.63) is 24.2 Å². The fourth-order valence-corrected chi connectivity index (χ4v) is 2.77. The van der Waals surface area contributed by atoms with Gasteiger partial charge in [0.1, 0.15) is 5.82 Å². The van der Waals surface area contributed by atoms with Gasteiger partial charge < -0.3 is 14.6 Å². The highest BCUT2D eigenvalue weighted by molar-refractivity contribution is 5.79. The first-order chi connectivity index (χ1) is 11.3. The minimum atomic E-state index is 0.597. The summed E-state index contributed by atoms with van der Waals surface area (Å²) in [5.41, 5.74) is 0. The topological polar surface area (TPSA) is 82.3 Å². The lowest BCUT2D eigenvalue weighted by atomic mass is 10.00. The van der Waals surface area contributed by atoms with Crippen LogP contribution in [0, 0.1) is 5.92 Å². The summed E-state index contributed by atoms with van der Waals surface area (Å²) >= 11 is 0. The number of H-pyrrole nitrogens is 1. The van der Waals surface area contributed by atoms with Gasteiger partial charge in [0.25, 0.3) is 0 Å². The van der Waals surface area contributed by atoms with Gasteiger partial charge in [0, 0.05) is 33.1 Å². The van der Waals surface area contributed by atoms with Crippen LogP contribution < -0.4 is 5.32 Å². The van der Waals surface area contributed by atoms with Crippen LogP contribution in [-0.2, 0) is 6.42 Å². The van der Waals surface area contributed by atoms with Gasteiger partial charge in [-0.25, -0.2) is 4.98 Å². The van der Waals surface area contributed by atoms with Crippen molar-refractivity contribution in [2.45, 2.75) is 26.2 Å². The summed E-state index contributed by atoms with van der Waals surface area (Å²) in [4.78, 5) is 11.2. The van der Waals surface area contributed by atoms with Crippen LogP contribution in [-0.4, -0.2) is 52.7 Å². The van der Waals surface area contributed by atoms with Gasteiger partial charge in [-0.3, -0.25) is 10.1 Å². The second-order valence-electron chi connectivity index (χ2n) is 5.98. The highest BCUT2D eigenvalue weighted by Gasteiger charge is 2.18. The standard InChI is InChI=1S/C16H24N6O/c1-12-6-9-22(10-7-12)16(17-2)18-8-5-14-19-15(21-20-14)13-4-3-11-23-13/h3-4,11-12H,5-10H2,1-2H3,(H,17,18)(H,19,20,21). The average Bonchev–Trinajstić information content (AvgIpc) is 3.24. The van der Waals surface area contributed by atoms with E-state index in [1.54, 1.807) is 6.26 Å². The maximum absolute atomic E-state index is 5.29. The van der Waals surface area contributed by atoms with Gasteiger partial charge in [0.05, 0.1) is 6.26 Å². The second kappa shape index (κ2) is 7.30. The van der Waals surface area contributed by atoms with Gasteiger partial charge in [-0.15, -0.1) is 0 Å². The zero-order valence-electron chi connectivity index (χ0n) is 13.7. The summed E-state index contributed by atoms with van der Waals surface area (Å²) in [6.07, 6.45) is 4.85. The van der Waals surface area contributed by atoms with E-state index in [9.17, 15) is 0 Å². The number of guanidine groups is 1. The van der Waals surface area contributed by atoms with E-state index in [4.69, 9.17) is 4.42 Å². The molecule has 0 radical (unpaired) electrons.